The van der Waals surface area contributed by atoms with E-state index in [2.05, 4.69) is 15.0 Å². The Hall–Kier alpha value is -4.88. The number of amides is 2. The number of carbonyl (C=O) groups is 4. The van der Waals surface area contributed by atoms with E-state index in [1.165, 1.54) is 39.3 Å². The van der Waals surface area contributed by atoms with E-state index in [-0.39, 0.29) is 28.6 Å². The average molecular weight is 607 g/mol. The molecule has 43 heavy (non-hydrogen) atoms. The molecule has 0 radical (unpaired) electrons. The van der Waals surface area contributed by atoms with Gasteiger partial charge in [-0.25, -0.2) is 8.42 Å². The predicted octanol–water partition coefficient (Wildman–Crippen LogP) is 1.86. The van der Waals surface area contributed by atoms with Gasteiger partial charge in [-0.15, -0.1) is 0 Å². The number of aldehydes is 1. The highest BCUT2D eigenvalue weighted by Crippen LogP contribution is 2.31. The van der Waals surface area contributed by atoms with Gasteiger partial charge < -0.3 is 19.6 Å². The van der Waals surface area contributed by atoms with Crippen molar-refractivity contribution in [3.05, 3.63) is 83.9 Å². The molecule has 2 N–H and O–H groups in total. The number of nitrogens with one attached hydrogen (secondary N) is 2. The van der Waals surface area contributed by atoms with Gasteiger partial charge in [-0.2, -0.15) is 4.72 Å². The van der Waals surface area contributed by atoms with Crippen molar-refractivity contribution in [1.29, 1.82) is 0 Å². The summed E-state index contributed by atoms with van der Waals surface area (Å²) in [6, 6.07) is 18.6. The molecule has 1 aliphatic heterocycles. The lowest BCUT2D eigenvalue weighted by atomic mass is 10.0. The zero-order valence-electron chi connectivity index (χ0n) is 23.6. The summed E-state index contributed by atoms with van der Waals surface area (Å²) < 4.78 is 40.2. The molecular formula is C30H30N4O8S. The molecule has 3 aromatic rings. The second-order valence-electron chi connectivity index (χ2n) is 9.54. The highest BCUT2D eigenvalue weighted by molar-refractivity contribution is 7.89. The molecule has 0 aliphatic carbocycles. The number of fused-ring (bicyclic) bond motifs is 1. The molecule has 2 amide bonds. The lowest BCUT2D eigenvalue weighted by Crippen LogP contribution is -2.51. The number of sulfonamides is 1. The predicted molar refractivity (Wildman–Crippen MR) is 158 cm³/mol. The molecule has 2 atom stereocenters. The number of methoxy groups -OCH3 is 2. The van der Waals surface area contributed by atoms with Crippen molar-refractivity contribution in [2.75, 3.05) is 25.7 Å². The minimum atomic E-state index is -4.46. The Bertz CT molecular complexity index is 1670. The van der Waals surface area contributed by atoms with Crippen LogP contribution in [0.5, 0.6) is 11.5 Å². The van der Waals surface area contributed by atoms with Crippen LogP contribution in [0.1, 0.15) is 24.5 Å². The summed E-state index contributed by atoms with van der Waals surface area (Å²) in [5, 5.41) is 2.45. The van der Waals surface area contributed by atoms with Crippen LogP contribution in [0.3, 0.4) is 0 Å². The van der Waals surface area contributed by atoms with Crippen LogP contribution in [0.25, 0.3) is 0 Å². The first kappa shape index (κ1) is 31.1. The average Bonchev–Trinajstić information content (AvgIpc) is 3.11. The number of hydrogen-bond acceptors (Lipinski definition) is 9. The van der Waals surface area contributed by atoms with Crippen LogP contribution in [0.15, 0.2) is 82.7 Å². The van der Waals surface area contributed by atoms with E-state index in [9.17, 15) is 27.6 Å². The summed E-state index contributed by atoms with van der Waals surface area (Å²) in [6.07, 6.45) is -1.49. The van der Waals surface area contributed by atoms with Gasteiger partial charge >= 0.3 is 0 Å². The molecule has 12 nitrogen and oxygen atoms in total. The highest BCUT2D eigenvalue weighted by Gasteiger charge is 2.37. The number of aliphatic imine (C=N–C) groups is 1. The Labute approximate surface area is 248 Å². The van der Waals surface area contributed by atoms with Gasteiger partial charge in [-0.1, -0.05) is 48.5 Å². The summed E-state index contributed by atoms with van der Waals surface area (Å²) >= 11 is 0. The first-order valence-corrected chi connectivity index (χ1v) is 14.6. The molecule has 1 unspecified atom stereocenters. The lowest BCUT2D eigenvalue weighted by Gasteiger charge is -2.25. The van der Waals surface area contributed by atoms with Gasteiger partial charge in [-0.3, -0.25) is 24.3 Å². The maximum Gasteiger partial charge on any atom is 0.268 e. The number of nitrogens with zero attached hydrogens (tertiary/aromatic N) is 2. The van der Waals surface area contributed by atoms with Crippen LogP contribution in [0.2, 0.25) is 0 Å². The molecule has 13 heteroatoms. The van der Waals surface area contributed by atoms with Gasteiger partial charge in [0.15, 0.2) is 6.17 Å². The maximum atomic E-state index is 14.1. The number of rotatable bonds is 12. The Morgan fingerprint density at radius 2 is 1.72 bits per heavy atom. The van der Waals surface area contributed by atoms with Gasteiger partial charge in [0.25, 0.3) is 5.91 Å². The van der Waals surface area contributed by atoms with Crippen molar-refractivity contribution in [2.45, 2.75) is 30.4 Å². The standard InChI is InChI=1S/C30H30N4O8S/c1-19(36)15-21(18-35)31-27(37)17-34-24-12-8-7-11-23(24)28(20-9-5-4-6-10-20)32-29(30(34)38)33-43(39,40)26-16-22(41-2)13-14-25(26)42-3/h4-14,16,18,21,29,33H,15,17H2,1-3H3,(H,31,37)/t21-,29?/m0/s1. The van der Waals surface area contributed by atoms with Gasteiger partial charge in [-0.05, 0) is 25.1 Å². The molecule has 224 valence electrons. The number of ether oxygens (including phenoxy) is 2. The summed E-state index contributed by atoms with van der Waals surface area (Å²) in [7, 11) is -1.78. The quantitative estimate of drug-likeness (QED) is 0.296. The number of Topliss-reactive ketones (excluding diaryl/α,β-unsaturated/α-hetero) is 1. The van der Waals surface area contributed by atoms with Gasteiger partial charge in [0.1, 0.15) is 35.0 Å². The first-order chi connectivity index (χ1) is 20.6. The van der Waals surface area contributed by atoms with Crippen molar-refractivity contribution >= 4 is 45.3 Å². The third-order valence-electron chi connectivity index (χ3n) is 6.50. The molecule has 0 fully saturated rings. The minimum absolute atomic E-state index is 0.00605. The first-order valence-electron chi connectivity index (χ1n) is 13.1. The molecule has 1 aliphatic rings. The molecule has 0 bridgehead atoms. The number of ketones is 1. The third-order valence-corrected chi connectivity index (χ3v) is 7.93. The zero-order chi connectivity index (χ0) is 31.1. The Morgan fingerprint density at radius 1 is 1.02 bits per heavy atom. The number of carbonyl (C=O) groups excluding carboxylic acids is 4. The van der Waals surface area contributed by atoms with E-state index in [0.29, 0.717) is 28.8 Å². The fraction of sp³-hybridized carbons (Fsp3) is 0.233. The van der Waals surface area contributed by atoms with E-state index in [0.717, 1.165) is 4.90 Å². The van der Waals surface area contributed by atoms with E-state index >= 15 is 0 Å². The lowest BCUT2D eigenvalue weighted by molar-refractivity contribution is -0.126. The highest BCUT2D eigenvalue weighted by atomic mass is 32.2. The maximum absolute atomic E-state index is 14.1. The summed E-state index contributed by atoms with van der Waals surface area (Å²) in [4.78, 5) is 55.5. The van der Waals surface area contributed by atoms with Gasteiger partial charge in [0, 0.05) is 23.6 Å². The van der Waals surface area contributed by atoms with Gasteiger partial charge in [0.05, 0.1) is 31.7 Å². The molecule has 0 saturated carbocycles. The molecule has 4 rings (SSSR count). The molecule has 0 saturated heterocycles. The fourth-order valence-corrected chi connectivity index (χ4v) is 5.80. The molecule has 0 spiro atoms. The Balaban J connectivity index is 1.81. The van der Waals surface area contributed by atoms with E-state index in [1.54, 1.807) is 54.6 Å². The van der Waals surface area contributed by atoms with Crippen LogP contribution in [0.4, 0.5) is 5.69 Å². The van der Waals surface area contributed by atoms with Crippen molar-refractivity contribution in [1.82, 2.24) is 10.0 Å². The third kappa shape index (κ3) is 7.13. The largest absolute Gasteiger partial charge is 0.497 e. The Morgan fingerprint density at radius 3 is 2.37 bits per heavy atom. The van der Waals surface area contributed by atoms with Crippen molar-refractivity contribution < 1.29 is 37.1 Å². The van der Waals surface area contributed by atoms with Crippen molar-refractivity contribution in [3.63, 3.8) is 0 Å². The van der Waals surface area contributed by atoms with Crippen LogP contribution < -0.4 is 24.4 Å². The van der Waals surface area contributed by atoms with E-state index in [1.807, 2.05) is 0 Å². The van der Waals surface area contributed by atoms with Crippen LogP contribution in [0, 0.1) is 0 Å². The number of hydrogen-bond donors (Lipinski definition) is 2. The number of benzene rings is 3. The van der Waals surface area contributed by atoms with E-state index < -0.39 is 40.6 Å². The molecule has 3 aromatic carbocycles. The number of anilines is 1. The molecule has 1 heterocycles. The van der Waals surface area contributed by atoms with Crippen molar-refractivity contribution in [2.24, 2.45) is 4.99 Å². The van der Waals surface area contributed by atoms with Crippen LogP contribution >= 0.6 is 0 Å². The topological polar surface area (TPSA) is 161 Å². The van der Waals surface area contributed by atoms with Crippen molar-refractivity contribution in [3.8, 4) is 11.5 Å². The smallest absolute Gasteiger partial charge is 0.268 e. The zero-order valence-corrected chi connectivity index (χ0v) is 24.5. The summed E-state index contributed by atoms with van der Waals surface area (Å²) in [5.41, 5.74) is 1.66. The second kappa shape index (κ2) is 13.4. The van der Waals surface area contributed by atoms with Crippen LogP contribution in [-0.2, 0) is 29.2 Å². The fourth-order valence-electron chi connectivity index (χ4n) is 4.54. The summed E-state index contributed by atoms with van der Waals surface area (Å²) in [6.45, 7) is 0.699. The second-order valence-corrected chi connectivity index (χ2v) is 11.2. The normalized spacial score (nSPS) is 15.4. The molecule has 0 aromatic heterocycles. The van der Waals surface area contributed by atoms with Crippen LogP contribution in [-0.4, -0.2) is 71.0 Å². The Kier molecular flexibility index (Phi) is 9.68. The number of benzodiazepines with no additional fused rings is 1. The van der Waals surface area contributed by atoms with E-state index in [4.69, 9.17) is 9.47 Å². The summed E-state index contributed by atoms with van der Waals surface area (Å²) in [5.74, 6) is -1.65. The SMILES string of the molecule is COc1ccc(OC)c(S(=O)(=O)NC2N=C(c3ccccc3)c3ccccc3N(CC(=O)N[C@H](C=O)CC(C)=O)C2=O)c1. The monoisotopic (exact) mass is 606 g/mol. The van der Waals surface area contributed by atoms with Gasteiger partial charge in [0.2, 0.25) is 15.9 Å². The minimum Gasteiger partial charge on any atom is -0.497 e. The number of para-hydroxylation sites is 1. The molecular weight excluding hydrogens is 576 g/mol.